The zero-order valence-corrected chi connectivity index (χ0v) is 14.0. The molecule has 0 bridgehead atoms. The van der Waals surface area contributed by atoms with E-state index in [2.05, 4.69) is 10.5 Å². The normalized spacial score (nSPS) is 12.3. The van der Waals surface area contributed by atoms with E-state index in [0.717, 1.165) is 42.0 Å². The first-order valence-corrected chi connectivity index (χ1v) is 7.80. The van der Waals surface area contributed by atoms with Crippen LogP contribution in [0.15, 0.2) is 22.7 Å². The van der Waals surface area contributed by atoms with Crippen molar-refractivity contribution >= 4 is 5.69 Å². The van der Waals surface area contributed by atoms with Crippen LogP contribution in [0.25, 0.3) is 0 Å². The van der Waals surface area contributed by atoms with Gasteiger partial charge in [-0.1, -0.05) is 17.3 Å². The van der Waals surface area contributed by atoms with Crippen molar-refractivity contribution in [1.82, 2.24) is 10.5 Å². The minimum Gasteiger partial charge on any atom is -0.361 e. The maximum atomic E-state index is 11.0. The van der Waals surface area contributed by atoms with Crippen molar-refractivity contribution in [1.29, 1.82) is 0 Å². The molecule has 2 rings (SSSR count). The van der Waals surface area contributed by atoms with Gasteiger partial charge in [-0.15, -0.1) is 0 Å². The molecule has 1 aromatic carbocycles. The molecule has 6 heteroatoms. The predicted molar refractivity (Wildman–Crippen MR) is 88.5 cm³/mol. The van der Waals surface area contributed by atoms with Crippen molar-refractivity contribution in [2.45, 2.75) is 46.6 Å². The van der Waals surface area contributed by atoms with E-state index in [9.17, 15) is 10.1 Å². The van der Waals surface area contributed by atoms with Crippen LogP contribution in [0.3, 0.4) is 0 Å². The summed E-state index contributed by atoms with van der Waals surface area (Å²) in [7, 11) is 0. The van der Waals surface area contributed by atoms with E-state index in [1.165, 1.54) is 5.56 Å². The summed E-state index contributed by atoms with van der Waals surface area (Å²) in [6.07, 6.45) is 1.87. The van der Waals surface area contributed by atoms with Gasteiger partial charge in [0.25, 0.3) is 5.69 Å². The van der Waals surface area contributed by atoms with Crippen LogP contribution in [-0.2, 0) is 6.42 Å². The Bertz CT molecular complexity index is 675. The fourth-order valence-electron chi connectivity index (χ4n) is 2.86. The third kappa shape index (κ3) is 3.96. The van der Waals surface area contributed by atoms with Crippen molar-refractivity contribution in [3.05, 3.63) is 56.5 Å². The van der Waals surface area contributed by atoms with Gasteiger partial charge in [0.15, 0.2) is 0 Å². The molecule has 0 aliphatic carbocycles. The largest absolute Gasteiger partial charge is 0.361 e. The highest BCUT2D eigenvalue weighted by Gasteiger charge is 2.16. The van der Waals surface area contributed by atoms with Crippen LogP contribution in [-0.4, -0.2) is 16.6 Å². The van der Waals surface area contributed by atoms with E-state index < -0.39 is 0 Å². The lowest BCUT2D eigenvalue weighted by atomic mass is 10.0. The van der Waals surface area contributed by atoms with Crippen LogP contribution >= 0.6 is 0 Å². The first-order valence-electron chi connectivity index (χ1n) is 7.80. The van der Waals surface area contributed by atoms with Crippen molar-refractivity contribution in [3.63, 3.8) is 0 Å². The number of nitro groups is 1. The van der Waals surface area contributed by atoms with Gasteiger partial charge in [0.2, 0.25) is 0 Å². The van der Waals surface area contributed by atoms with Gasteiger partial charge in [0.1, 0.15) is 5.76 Å². The molecule has 0 saturated carbocycles. The van der Waals surface area contributed by atoms with Gasteiger partial charge in [-0.2, -0.15) is 0 Å². The molecule has 0 unspecified atom stereocenters. The summed E-state index contributed by atoms with van der Waals surface area (Å²) >= 11 is 0. The second kappa shape index (κ2) is 7.37. The fraction of sp³-hybridized carbons (Fsp3) is 0.471. The predicted octanol–water partition coefficient (Wildman–Crippen LogP) is 3.79. The van der Waals surface area contributed by atoms with E-state index in [0.29, 0.717) is 0 Å². The van der Waals surface area contributed by atoms with E-state index in [1.807, 2.05) is 26.8 Å². The quantitative estimate of drug-likeness (QED) is 0.477. The van der Waals surface area contributed by atoms with Gasteiger partial charge in [-0.25, -0.2) is 0 Å². The lowest BCUT2D eigenvalue weighted by Crippen LogP contribution is -2.21. The number of aromatic nitrogens is 1. The number of rotatable bonds is 7. The van der Waals surface area contributed by atoms with Gasteiger partial charge in [0, 0.05) is 23.2 Å². The molecule has 1 atom stereocenters. The Morgan fingerprint density at radius 2 is 2.09 bits per heavy atom. The monoisotopic (exact) mass is 317 g/mol. The number of nitro benzene ring substituents is 1. The summed E-state index contributed by atoms with van der Waals surface area (Å²) in [6.45, 7) is 8.54. The van der Waals surface area contributed by atoms with E-state index in [-0.39, 0.29) is 16.7 Å². The van der Waals surface area contributed by atoms with E-state index in [4.69, 9.17) is 4.52 Å². The maximum absolute atomic E-state index is 11.0. The second-order valence-electron chi connectivity index (χ2n) is 5.83. The van der Waals surface area contributed by atoms with Crippen LogP contribution in [0, 0.1) is 30.9 Å². The Morgan fingerprint density at radius 3 is 2.70 bits per heavy atom. The molecule has 6 nitrogen and oxygen atoms in total. The van der Waals surface area contributed by atoms with Gasteiger partial charge in [-0.05, 0) is 52.6 Å². The van der Waals surface area contributed by atoms with Gasteiger partial charge < -0.3 is 9.84 Å². The average Bonchev–Trinajstić information content (AvgIpc) is 2.82. The summed E-state index contributed by atoms with van der Waals surface area (Å²) in [5.74, 6) is 0.880. The summed E-state index contributed by atoms with van der Waals surface area (Å²) < 4.78 is 5.16. The molecule has 23 heavy (non-hydrogen) atoms. The molecule has 1 aromatic heterocycles. The Balaban J connectivity index is 1.92. The highest BCUT2D eigenvalue weighted by atomic mass is 16.6. The highest BCUT2D eigenvalue weighted by molar-refractivity contribution is 5.45. The number of nitrogens with one attached hydrogen (secondary N) is 1. The third-order valence-corrected chi connectivity index (χ3v) is 4.25. The van der Waals surface area contributed by atoms with Crippen molar-refractivity contribution in [2.24, 2.45) is 0 Å². The zero-order valence-electron chi connectivity index (χ0n) is 14.0. The Labute approximate surface area is 136 Å². The molecule has 1 N–H and O–H groups in total. The average molecular weight is 317 g/mol. The summed E-state index contributed by atoms with van der Waals surface area (Å²) in [5, 5.41) is 18.4. The summed E-state index contributed by atoms with van der Waals surface area (Å²) in [4.78, 5) is 10.7. The smallest absolute Gasteiger partial charge is 0.272 e. The molecule has 0 fully saturated rings. The Hall–Kier alpha value is -2.21. The molecular formula is C17H23N3O3. The first kappa shape index (κ1) is 17.1. The minimum absolute atomic E-state index is 0.0690. The van der Waals surface area contributed by atoms with Gasteiger partial charge >= 0.3 is 0 Å². The molecule has 0 saturated heterocycles. The first-order chi connectivity index (χ1) is 10.9. The topological polar surface area (TPSA) is 81.2 Å². The van der Waals surface area contributed by atoms with E-state index >= 15 is 0 Å². The molecule has 1 heterocycles. The van der Waals surface area contributed by atoms with E-state index in [1.54, 1.807) is 19.1 Å². The second-order valence-corrected chi connectivity index (χ2v) is 5.83. The maximum Gasteiger partial charge on any atom is 0.272 e. The number of aryl methyl sites for hydroxylation is 2. The Morgan fingerprint density at radius 1 is 1.35 bits per heavy atom. The number of benzene rings is 1. The summed E-state index contributed by atoms with van der Waals surface area (Å²) in [6, 6.07) is 5.29. The van der Waals surface area contributed by atoms with Crippen molar-refractivity contribution < 1.29 is 9.45 Å². The molecular weight excluding hydrogens is 294 g/mol. The van der Waals surface area contributed by atoms with Crippen LogP contribution in [0.4, 0.5) is 5.69 Å². The Kier molecular flexibility index (Phi) is 5.50. The highest BCUT2D eigenvalue weighted by Crippen LogP contribution is 2.25. The fourth-order valence-corrected chi connectivity index (χ4v) is 2.86. The minimum atomic E-state index is -0.330. The van der Waals surface area contributed by atoms with Gasteiger partial charge in [-0.3, -0.25) is 10.1 Å². The van der Waals surface area contributed by atoms with Crippen molar-refractivity contribution in [3.8, 4) is 0 Å². The third-order valence-electron chi connectivity index (χ3n) is 4.25. The summed E-state index contributed by atoms with van der Waals surface area (Å²) in [5.41, 5.74) is 3.99. The molecule has 0 aliphatic rings. The van der Waals surface area contributed by atoms with Crippen LogP contribution in [0.2, 0.25) is 0 Å². The van der Waals surface area contributed by atoms with Crippen LogP contribution in [0.1, 0.15) is 47.5 Å². The zero-order chi connectivity index (χ0) is 17.0. The van der Waals surface area contributed by atoms with Crippen LogP contribution < -0.4 is 5.32 Å². The number of hydrogen-bond acceptors (Lipinski definition) is 5. The lowest BCUT2D eigenvalue weighted by Gasteiger charge is -2.16. The molecule has 0 aliphatic heterocycles. The van der Waals surface area contributed by atoms with Gasteiger partial charge in [0.05, 0.1) is 10.6 Å². The number of hydrogen-bond donors (Lipinski definition) is 1. The van der Waals surface area contributed by atoms with Crippen LogP contribution in [0.5, 0.6) is 0 Å². The lowest BCUT2D eigenvalue weighted by molar-refractivity contribution is -0.385. The molecule has 0 spiro atoms. The molecule has 0 radical (unpaired) electrons. The van der Waals surface area contributed by atoms with Crippen molar-refractivity contribution in [2.75, 3.05) is 6.54 Å². The SMILES string of the molecule is Cc1noc(C)c1CCCN[C@H](C)c1cccc([N+](=O)[O-])c1C. The number of nitrogens with zero attached hydrogens (tertiary/aromatic N) is 2. The molecule has 0 amide bonds. The standard InChI is InChI=1S/C17H23N3O3/c1-11-15(7-5-9-17(11)20(21)22)12(2)18-10-6-8-16-13(3)19-23-14(16)4/h5,7,9,12,18H,6,8,10H2,1-4H3/t12-/m1/s1. The molecule has 124 valence electrons. The molecule has 2 aromatic rings.